The zero-order valence-corrected chi connectivity index (χ0v) is 12.3. The van der Waals surface area contributed by atoms with Gasteiger partial charge >= 0.3 is 0 Å². The van der Waals surface area contributed by atoms with Crippen LogP contribution in [0.15, 0.2) is 24.3 Å². The quantitative estimate of drug-likeness (QED) is 0.776. The number of imidazole rings is 1. The lowest BCUT2D eigenvalue weighted by Crippen LogP contribution is -2.26. The van der Waals surface area contributed by atoms with Crippen molar-refractivity contribution in [3.05, 3.63) is 30.1 Å². The van der Waals surface area contributed by atoms with E-state index in [2.05, 4.69) is 24.8 Å². The van der Waals surface area contributed by atoms with Gasteiger partial charge in [0.2, 0.25) is 0 Å². The minimum atomic E-state index is 0.363. The van der Waals surface area contributed by atoms with E-state index in [1.807, 2.05) is 28.8 Å². The third-order valence-electron chi connectivity index (χ3n) is 3.41. The Morgan fingerprint density at radius 3 is 2.55 bits per heavy atom. The summed E-state index contributed by atoms with van der Waals surface area (Å²) in [6.45, 7) is 7.72. The standard InChI is InChI=1S/C16H22N4/c1-3-10-19(11-4-2)13-16-18-14-7-5-6-8-15(14)20(16)12-9-17/h5-8H,3-4,10-13H2,1-2H3. The Morgan fingerprint density at radius 2 is 1.90 bits per heavy atom. The Balaban J connectivity index is 2.32. The molecule has 1 heterocycles. The van der Waals surface area contributed by atoms with Crippen molar-refractivity contribution >= 4 is 11.0 Å². The summed E-state index contributed by atoms with van der Waals surface area (Å²) in [6, 6.07) is 10.3. The van der Waals surface area contributed by atoms with E-state index in [0.717, 1.165) is 49.3 Å². The lowest BCUT2D eigenvalue weighted by molar-refractivity contribution is 0.257. The lowest BCUT2D eigenvalue weighted by atomic mass is 10.3. The first-order valence-corrected chi connectivity index (χ1v) is 7.33. The molecule has 0 saturated carbocycles. The van der Waals surface area contributed by atoms with Gasteiger partial charge in [0.1, 0.15) is 12.4 Å². The van der Waals surface area contributed by atoms with Crippen molar-refractivity contribution in [2.45, 2.75) is 39.8 Å². The maximum Gasteiger partial charge on any atom is 0.125 e. The van der Waals surface area contributed by atoms with E-state index < -0.39 is 0 Å². The molecule has 0 amide bonds. The van der Waals surface area contributed by atoms with E-state index in [0.29, 0.717) is 6.54 Å². The Kier molecular flexibility index (Phi) is 5.14. The van der Waals surface area contributed by atoms with Gasteiger partial charge in [-0.05, 0) is 38.1 Å². The molecule has 0 aliphatic rings. The van der Waals surface area contributed by atoms with Gasteiger partial charge in [0, 0.05) is 0 Å². The van der Waals surface area contributed by atoms with Gasteiger partial charge in [-0.2, -0.15) is 5.26 Å². The zero-order chi connectivity index (χ0) is 14.4. The molecule has 0 saturated heterocycles. The minimum absolute atomic E-state index is 0.363. The number of aromatic nitrogens is 2. The molecule has 106 valence electrons. The van der Waals surface area contributed by atoms with Crippen molar-refractivity contribution in [1.82, 2.24) is 14.5 Å². The minimum Gasteiger partial charge on any atom is -0.313 e. The average molecular weight is 270 g/mol. The third kappa shape index (κ3) is 3.17. The van der Waals surface area contributed by atoms with Gasteiger partial charge in [0.15, 0.2) is 0 Å². The molecule has 1 aromatic heterocycles. The molecule has 0 spiro atoms. The second kappa shape index (κ2) is 7.06. The average Bonchev–Trinajstić information content (AvgIpc) is 2.78. The molecule has 1 aromatic carbocycles. The molecule has 0 fully saturated rings. The molecule has 0 radical (unpaired) electrons. The van der Waals surface area contributed by atoms with E-state index >= 15 is 0 Å². The fraction of sp³-hybridized carbons (Fsp3) is 0.500. The van der Waals surface area contributed by atoms with Crippen molar-refractivity contribution in [2.24, 2.45) is 0 Å². The Hall–Kier alpha value is -1.86. The van der Waals surface area contributed by atoms with Crippen LogP contribution >= 0.6 is 0 Å². The zero-order valence-electron chi connectivity index (χ0n) is 12.3. The number of rotatable bonds is 7. The SMILES string of the molecule is CCCN(CCC)Cc1nc2ccccc2n1CC#N. The van der Waals surface area contributed by atoms with Crippen molar-refractivity contribution < 1.29 is 0 Å². The third-order valence-corrected chi connectivity index (χ3v) is 3.41. The molecular formula is C16H22N4. The van der Waals surface area contributed by atoms with Crippen LogP contribution in [-0.4, -0.2) is 27.5 Å². The molecule has 0 aliphatic heterocycles. The molecule has 0 N–H and O–H groups in total. The summed E-state index contributed by atoms with van der Waals surface area (Å²) in [4.78, 5) is 7.12. The first-order chi connectivity index (χ1) is 9.80. The molecule has 0 bridgehead atoms. The fourth-order valence-electron chi connectivity index (χ4n) is 2.60. The number of hydrogen-bond donors (Lipinski definition) is 0. The molecular weight excluding hydrogens is 248 g/mol. The first-order valence-electron chi connectivity index (χ1n) is 7.33. The van der Waals surface area contributed by atoms with Crippen LogP contribution < -0.4 is 0 Å². The van der Waals surface area contributed by atoms with Crippen LogP contribution in [0.4, 0.5) is 0 Å². The van der Waals surface area contributed by atoms with E-state index in [1.54, 1.807) is 0 Å². The van der Waals surface area contributed by atoms with Gasteiger partial charge in [-0.25, -0.2) is 4.98 Å². The van der Waals surface area contributed by atoms with Crippen molar-refractivity contribution in [3.8, 4) is 6.07 Å². The number of fused-ring (bicyclic) bond motifs is 1. The summed E-state index contributed by atoms with van der Waals surface area (Å²) in [5.41, 5.74) is 2.03. The highest BCUT2D eigenvalue weighted by Crippen LogP contribution is 2.17. The van der Waals surface area contributed by atoms with Gasteiger partial charge < -0.3 is 4.57 Å². The van der Waals surface area contributed by atoms with Gasteiger partial charge in [-0.3, -0.25) is 4.90 Å². The van der Waals surface area contributed by atoms with Gasteiger partial charge in [0.25, 0.3) is 0 Å². The maximum absolute atomic E-state index is 9.05. The van der Waals surface area contributed by atoms with Gasteiger partial charge in [-0.1, -0.05) is 26.0 Å². The Bertz CT molecular complexity index is 588. The number of hydrogen-bond acceptors (Lipinski definition) is 3. The predicted octanol–water partition coefficient (Wildman–Crippen LogP) is 3.18. The van der Waals surface area contributed by atoms with E-state index in [1.165, 1.54) is 0 Å². The van der Waals surface area contributed by atoms with Crippen LogP contribution in [0.3, 0.4) is 0 Å². The summed E-state index contributed by atoms with van der Waals surface area (Å²) in [5, 5.41) is 9.05. The van der Waals surface area contributed by atoms with Crippen LogP contribution in [-0.2, 0) is 13.1 Å². The van der Waals surface area contributed by atoms with E-state index in [9.17, 15) is 0 Å². The predicted molar refractivity (Wildman–Crippen MR) is 81.2 cm³/mol. The van der Waals surface area contributed by atoms with Crippen LogP contribution in [0.25, 0.3) is 11.0 Å². The summed E-state index contributed by atoms with van der Waals surface area (Å²) >= 11 is 0. The van der Waals surface area contributed by atoms with Crippen LogP contribution in [0, 0.1) is 11.3 Å². The monoisotopic (exact) mass is 270 g/mol. The molecule has 0 aliphatic carbocycles. The number of nitriles is 1. The number of nitrogens with zero attached hydrogens (tertiary/aromatic N) is 4. The summed E-state index contributed by atoms with van der Waals surface area (Å²) in [5.74, 6) is 0.995. The topological polar surface area (TPSA) is 44.9 Å². The molecule has 20 heavy (non-hydrogen) atoms. The van der Waals surface area contributed by atoms with Crippen LogP contribution in [0.1, 0.15) is 32.5 Å². The number of benzene rings is 1. The Morgan fingerprint density at radius 1 is 1.20 bits per heavy atom. The molecule has 2 rings (SSSR count). The molecule has 0 atom stereocenters. The maximum atomic E-state index is 9.05. The Labute approximate surface area is 120 Å². The van der Waals surface area contributed by atoms with Crippen molar-refractivity contribution in [2.75, 3.05) is 13.1 Å². The second-order valence-corrected chi connectivity index (χ2v) is 5.04. The van der Waals surface area contributed by atoms with Crippen molar-refractivity contribution in [3.63, 3.8) is 0 Å². The summed E-state index contributed by atoms with van der Waals surface area (Å²) < 4.78 is 2.04. The molecule has 2 aromatic rings. The smallest absolute Gasteiger partial charge is 0.125 e. The van der Waals surface area contributed by atoms with Crippen LogP contribution in [0.5, 0.6) is 0 Å². The highest BCUT2D eigenvalue weighted by molar-refractivity contribution is 5.75. The molecule has 4 heteroatoms. The van der Waals surface area contributed by atoms with E-state index in [4.69, 9.17) is 10.2 Å². The molecule has 4 nitrogen and oxygen atoms in total. The van der Waals surface area contributed by atoms with Crippen LogP contribution in [0.2, 0.25) is 0 Å². The first kappa shape index (κ1) is 14.5. The van der Waals surface area contributed by atoms with Gasteiger partial charge in [-0.15, -0.1) is 0 Å². The summed E-state index contributed by atoms with van der Waals surface area (Å²) in [6.07, 6.45) is 2.27. The summed E-state index contributed by atoms with van der Waals surface area (Å²) in [7, 11) is 0. The normalized spacial score (nSPS) is 11.1. The highest BCUT2D eigenvalue weighted by Gasteiger charge is 2.13. The fourth-order valence-corrected chi connectivity index (χ4v) is 2.60. The van der Waals surface area contributed by atoms with E-state index in [-0.39, 0.29) is 0 Å². The van der Waals surface area contributed by atoms with Gasteiger partial charge in [0.05, 0.1) is 23.6 Å². The number of para-hydroxylation sites is 2. The molecule has 0 unspecified atom stereocenters. The largest absolute Gasteiger partial charge is 0.313 e. The van der Waals surface area contributed by atoms with Crippen molar-refractivity contribution in [1.29, 1.82) is 5.26 Å². The highest BCUT2D eigenvalue weighted by atomic mass is 15.2. The lowest BCUT2D eigenvalue weighted by Gasteiger charge is -2.20. The second-order valence-electron chi connectivity index (χ2n) is 5.04.